The summed E-state index contributed by atoms with van der Waals surface area (Å²) in [4.78, 5) is 25.2. The molecule has 0 bridgehead atoms. The summed E-state index contributed by atoms with van der Waals surface area (Å²) in [5, 5.41) is 8.91. The van der Waals surface area contributed by atoms with Crippen LogP contribution in [0.2, 0.25) is 0 Å². The van der Waals surface area contributed by atoms with E-state index in [1.807, 2.05) is 4.90 Å². The summed E-state index contributed by atoms with van der Waals surface area (Å²) in [7, 11) is 0. The van der Waals surface area contributed by atoms with E-state index in [0.29, 0.717) is 18.9 Å². The molecule has 0 atom stereocenters. The molecule has 6 heteroatoms. The van der Waals surface area contributed by atoms with Gasteiger partial charge in [-0.3, -0.25) is 4.79 Å². The quantitative estimate of drug-likeness (QED) is 0.842. The van der Waals surface area contributed by atoms with Crippen molar-refractivity contribution in [2.75, 3.05) is 26.3 Å². The van der Waals surface area contributed by atoms with Crippen molar-refractivity contribution in [2.24, 2.45) is 0 Å². The molecule has 0 saturated carbocycles. The van der Waals surface area contributed by atoms with Gasteiger partial charge in [0.25, 0.3) is 0 Å². The number of aromatic carboxylic acids is 1. The molecule has 0 radical (unpaired) electrons. The Morgan fingerprint density at radius 1 is 1.04 bits per heavy atom. The second kappa shape index (κ2) is 9.14. The number of nitrogens with zero attached hydrogens (tertiary/aromatic N) is 1. The number of hydrogen-bond acceptors (Lipinski definition) is 4. The lowest BCUT2D eigenvalue weighted by Crippen LogP contribution is -2.42. The van der Waals surface area contributed by atoms with Gasteiger partial charge in [-0.2, -0.15) is 0 Å². The Bertz CT molecular complexity index is 601. The van der Waals surface area contributed by atoms with E-state index in [-0.39, 0.29) is 17.6 Å². The molecule has 1 aromatic carbocycles. The fraction of sp³-hybridized carbons (Fsp3) is 0.600. The predicted molar refractivity (Wildman–Crippen MR) is 96.3 cm³/mol. The van der Waals surface area contributed by atoms with E-state index in [9.17, 15) is 9.59 Å². The van der Waals surface area contributed by atoms with E-state index in [1.54, 1.807) is 24.3 Å². The molecule has 0 aromatic heterocycles. The summed E-state index contributed by atoms with van der Waals surface area (Å²) in [6, 6.07) is 6.73. The van der Waals surface area contributed by atoms with Gasteiger partial charge >= 0.3 is 5.97 Å². The largest absolute Gasteiger partial charge is 0.478 e. The van der Waals surface area contributed by atoms with Crippen molar-refractivity contribution in [1.29, 1.82) is 0 Å². The Hall–Kier alpha value is -1.92. The molecule has 1 aromatic rings. The standard InChI is InChI=1S/C20H27NO5/c22-19(6-3-15-1-4-16(5-2-15)20(23)24)21-11-7-17(8-12-21)26-18-9-13-25-14-10-18/h1-2,4-5,17-18H,3,6-14H2,(H,23,24). The smallest absolute Gasteiger partial charge is 0.335 e. The molecule has 0 spiro atoms. The topological polar surface area (TPSA) is 76.1 Å². The third-order valence-electron chi connectivity index (χ3n) is 5.18. The van der Waals surface area contributed by atoms with Gasteiger partial charge in [-0.15, -0.1) is 0 Å². The molecule has 142 valence electrons. The summed E-state index contributed by atoms with van der Waals surface area (Å²) in [6.45, 7) is 3.08. The number of rotatable bonds is 6. The molecule has 2 aliphatic rings. The molecule has 3 rings (SSSR count). The second-order valence-corrected chi connectivity index (χ2v) is 7.03. The molecule has 2 heterocycles. The summed E-state index contributed by atoms with van der Waals surface area (Å²) >= 11 is 0. The lowest BCUT2D eigenvalue weighted by atomic mass is 10.0. The average Bonchev–Trinajstić information content (AvgIpc) is 2.68. The third-order valence-corrected chi connectivity index (χ3v) is 5.18. The molecule has 6 nitrogen and oxygen atoms in total. The van der Waals surface area contributed by atoms with E-state index in [1.165, 1.54) is 0 Å². The Balaban J connectivity index is 1.38. The molecule has 2 saturated heterocycles. The Labute approximate surface area is 154 Å². The van der Waals surface area contributed by atoms with Gasteiger partial charge in [0.15, 0.2) is 0 Å². The maximum absolute atomic E-state index is 12.4. The highest BCUT2D eigenvalue weighted by Crippen LogP contribution is 2.20. The fourth-order valence-corrected chi connectivity index (χ4v) is 3.55. The normalized spacial score (nSPS) is 19.5. The number of carboxylic acid groups (broad SMARTS) is 1. The number of piperidine rings is 1. The molecule has 0 unspecified atom stereocenters. The van der Waals surface area contributed by atoms with Crippen LogP contribution in [0.4, 0.5) is 0 Å². The zero-order valence-electron chi connectivity index (χ0n) is 15.1. The van der Waals surface area contributed by atoms with Crippen molar-refractivity contribution >= 4 is 11.9 Å². The number of amides is 1. The van der Waals surface area contributed by atoms with Gasteiger partial charge in [0.1, 0.15) is 0 Å². The number of carbonyl (C=O) groups is 2. The van der Waals surface area contributed by atoms with E-state index < -0.39 is 5.97 Å². The molecule has 1 N–H and O–H groups in total. The summed E-state index contributed by atoms with van der Waals surface area (Å²) < 4.78 is 11.5. The molecule has 1 amide bonds. The van der Waals surface area contributed by atoms with Gasteiger partial charge in [0, 0.05) is 32.7 Å². The van der Waals surface area contributed by atoms with Gasteiger partial charge in [-0.25, -0.2) is 4.79 Å². The van der Waals surface area contributed by atoms with Crippen LogP contribution in [0.5, 0.6) is 0 Å². The van der Waals surface area contributed by atoms with Crippen molar-refractivity contribution in [3.63, 3.8) is 0 Å². The molecule has 0 aliphatic carbocycles. The van der Waals surface area contributed by atoms with Gasteiger partial charge in [0.05, 0.1) is 17.8 Å². The first-order chi connectivity index (χ1) is 12.6. The first-order valence-electron chi connectivity index (χ1n) is 9.45. The first kappa shape index (κ1) is 18.9. The minimum atomic E-state index is -0.932. The minimum absolute atomic E-state index is 0.164. The van der Waals surface area contributed by atoms with Crippen molar-refractivity contribution in [1.82, 2.24) is 4.90 Å². The zero-order valence-corrected chi connectivity index (χ0v) is 15.1. The number of carboxylic acids is 1. The number of carbonyl (C=O) groups excluding carboxylic acids is 1. The molecule has 26 heavy (non-hydrogen) atoms. The van der Waals surface area contributed by atoms with Crippen molar-refractivity contribution < 1.29 is 24.2 Å². The summed E-state index contributed by atoms with van der Waals surface area (Å²) in [5.74, 6) is -0.768. The highest BCUT2D eigenvalue weighted by Gasteiger charge is 2.26. The molecule has 2 fully saturated rings. The molecular weight excluding hydrogens is 334 g/mol. The van der Waals surface area contributed by atoms with E-state index in [0.717, 1.165) is 57.6 Å². The van der Waals surface area contributed by atoms with Crippen LogP contribution in [0.3, 0.4) is 0 Å². The van der Waals surface area contributed by atoms with Crippen molar-refractivity contribution in [3.8, 4) is 0 Å². The van der Waals surface area contributed by atoms with Crippen LogP contribution >= 0.6 is 0 Å². The van der Waals surface area contributed by atoms with Crippen LogP contribution in [0, 0.1) is 0 Å². The van der Waals surface area contributed by atoms with Gasteiger partial charge in [-0.05, 0) is 49.8 Å². The highest BCUT2D eigenvalue weighted by molar-refractivity contribution is 5.87. The van der Waals surface area contributed by atoms with Crippen molar-refractivity contribution in [2.45, 2.75) is 50.7 Å². The maximum Gasteiger partial charge on any atom is 0.335 e. The number of likely N-dealkylation sites (tertiary alicyclic amines) is 1. The first-order valence-corrected chi connectivity index (χ1v) is 9.45. The second-order valence-electron chi connectivity index (χ2n) is 7.03. The van der Waals surface area contributed by atoms with Gasteiger partial charge in [0.2, 0.25) is 5.91 Å². The highest BCUT2D eigenvalue weighted by atomic mass is 16.5. The van der Waals surface area contributed by atoms with Crippen LogP contribution in [0.1, 0.15) is 48.0 Å². The number of hydrogen-bond donors (Lipinski definition) is 1. The Kier molecular flexibility index (Phi) is 6.63. The number of ether oxygens (including phenoxy) is 2. The average molecular weight is 361 g/mol. The summed E-state index contributed by atoms with van der Waals surface area (Å²) in [5.41, 5.74) is 1.26. The van der Waals surface area contributed by atoms with E-state index >= 15 is 0 Å². The minimum Gasteiger partial charge on any atom is -0.478 e. The van der Waals surface area contributed by atoms with Crippen LogP contribution in [0.15, 0.2) is 24.3 Å². The lowest BCUT2D eigenvalue weighted by molar-refractivity contribution is -0.135. The van der Waals surface area contributed by atoms with Crippen molar-refractivity contribution in [3.05, 3.63) is 35.4 Å². The monoisotopic (exact) mass is 361 g/mol. The van der Waals surface area contributed by atoms with Crippen LogP contribution in [-0.4, -0.2) is 60.4 Å². The van der Waals surface area contributed by atoms with Crippen LogP contribution < -0.4 is 0 Å². The third kappa shape index (κ3) is 5.29. The molecule has 2 aliphatic heterocycles. The number of benzene rings is 1. The molecular formula is C20H27NO5. The van der Waals surface area contributed by atoms with Gasteiger partial charge < -0.3 is 19.5 Å². The predicted octanol–water partition coefficient (Wildman–Crippen LogP) is 2.50. The zero-order chi connectivity index (χ0) is 18.4. The van der Waals surface area contributed by atoms with Crippen LogP contribution in [0.25, 0.3) is 0 Å². The maximum atomic E-state index is 12.4. The summed E-state index contributed by atoms with van der Waals surface area (Å²) in [6.07, 6.45) is 5.40. The fourth-order valence-electron chi connectivity index (χ4n) is 3.55. The van der Waals surface area contributed by atoms with E-state index in [2.05, 4.69) is 0 Å². The van der Waals surface area contributed by atoms with E-state index in [4.69, 9.17) is 14.6 Å². The number of aryl methyl sites for hydroxylation is 1. The SMILES string of the molecule is O=C(O)c1ccc(CCC(=O)N2CCC(OC3CCOCC3)CC2)cc1. The Morgan fingerprint density at radius 2 is 1.65 bits per heavy atom. The Morgan fingerprint density at radius 3 is 2.27 bits per heavy atom. The lowest BCUT2D eigenvalue weighted by Gasteiger charge is -2.35. The van der Waals surface area contributed by atoms with Crippen LogP contribution in [-0.2, 0) is 20.7 Å². The van der Waals surface area contributed by atoms with Gasteiger partial charge in [-0.1, -0.05) is 12.1 Å².